The van der Waals surface area contributed by atoms with Crippen LogP contribution >= 0.6 is 0 Å². The molecule has 2 atom stereocenters. The normalized spacial score (nSPS) is 25.0. The van der Waals surface area contributed by atoms with Crippen molar-refractivity contribution in [3.8, 4) is 16.9 Å². The molecule has 2 nitrogen and oxygen atoms in total. The molecule has 4 rings (SSSR count). The Bertz CT molecular complexity index is 1040. The maximum absolute atomic E-state index is 15.0. The second-order valence-electron chi connectivity index (χ2n) is 9.64. The molecule has 2 aliphatic carbocycles. The van der Waals surface area contributed by atoms with Crippen LogP contribution in [0.3, 0.4) is 0 Å². The Hall–Kier alpha value is -2.53. The molecule has 0 saturated heterocycles. The van der Waals surface area contributed by atoms with E-state index in [9.17, 15) is 4.39 Å². The van der Waals surface area contributed by atoms with E-state index in [1.807, 2.05) is 13.8 Å². The summed E-state index contributed by atoms with van der Waals surface area (Å²) < 4.78 is 55.4. The maximum Gasteiger partial charge on any atom is 0.166 e. The summed E-state index contributed by atoms with van der Waals surface area (Å²) in [6.45, 7) is 4.73. The van der Waals surface area contributed by atoms with E-state index in [2.05, 4.69) is 12.2 Å². The van der Waals surface area contributed by atoms with E-state index in [4.69, 9.17) is 9.47 Å². The first-order valence-corrected chi connectivity index (χ1v) is 12.8. The third-order valence-corrected chi connectivity index (χ3v) is 7.29. The second-order valence-corrected chi connectivity index (χ2v) is 9.64. The van der Waals surface area contributed by atoms with E-state index in [0.717, 1.165) is 32.1 Å². The topological polar surface area (TPSA) is 18.5 Å². The zero-order valence-corrected chi connectivity index (χ0v) is 20.6. The Morgan fingerprint density at radius 3 is 2.29 bits per heavy atom. The molecule has 0 aromatic heterocycles. The zero-order chi connectivity index (χ0) is 24.8. The molecule has 0 aliphatic heterocycles. The van der Waals surface area contributed by atoms with Gasteiger partial charge in [0.05, 0.1) is 6.61 Å². The van der Waals surface area contributed by atoms with E-state index in [0.29, 0.717) is 42.4 Å². The first-order valence-electron chi connectivity index (χ1n) is 12.8. The summed E-state index contributed by atoms with van der Waals surface area (Å²) in [5, 5.41) is 0. The van der Waals surface area contributed by atoms with Crippen LogP contribution in [0.15, 0.2) is 60.5 Å². The molecule has 35 heavy (non-hydrogen) atoms. The van der Waals surface area contributed by atoms with Crippen molar-refractivity contribution in [2.45, 2.75) is 64.4 Å². The average molecular weight is 485 g/mol. The van der Waals surface area contributed by atoms with Gasteiger partial charge in [-0.3, -0.25) is 0 Å². The summed E-state index contributed by atoms with van der Waals surface area (Å²) >= 11 is 0. The molecular weight excluding hydrogens is 449 g/mol. The lowest BCUT2D eigenvalue weighted by Gasteiger charge is -2.27. The lowest BCUT2D eigenvalue weighted by Crippen LogP contribution is -2.23. The van der Waals surface area contributed by atoms with Crippen molar-refractivity contribution in [3.05, 3.63) is 77.7 Å². The van der Waals surface area contributed by atoms with Crippen molar-refractivity contribution in [2.75, 3.05) is 13.2 Å². The summed E-state index contributed by atoms with van der Waals surface area (Å²) in [7, 11) is 0. The van der Waals surface area contributed by atoms with Crippen LogP contribution in [0.4, 0.5) is 13.2 Å². The van der Waals surface area contributed by atoms with Crippen LogP contribution in [-0.2, 0) is 4.74 Å². The largest absolute Gasteiger partial charge is 0.493 e. The molecule has 2 aromatic carbocycles. The van der Waals surface area contributed by atoms with Crippen LogP contribution in [0.5, 0.6) is 5.75 Å². The number of hydrogen-bond donors (Lipinski definition) is 0. The van der Waals surface area contributed by atoms with Crippen LogP contribution in [0.2, 0.25) is 0 Å². The molecule has 5 heteroatoms. The second kappa shape index (κ2) is 11.9. The molecule has 0 bridgehead atoms. The molecule has 0 spiro atoms. The quantitative estimate of drug-likeness (QED) is 0.350. The molecule has 0 radical (unpaired) electrons. The molecule has 0 N–H and O–H groups in total. The molecule has 2 aromatic rings. The standard InChI is InChI=1S/C30H35F3O2/c1-3-5-20-6-9-22(10-7-20)25-15-16-26(30(33)29(25)32)23-11-13-24(14-12-23)35-19-21-8-17-28(34-4-2)27(31)18-21/h3,5,11-16,18,20-22,28H,4,6-10,17,19H2,1-2H3/b5-3+. The minimum absolute atomic E-state index is 0.0153. The fourth-order valence-electron chi connectivity index (χ4n) is 5.35. The molecule has 2 unspecified atom stereocenters. The van der Waals surface area contributed by atoms with Crippen molar-refractivity contribution < 1.29 is 22.6 Å². The van der Waals surface area contributed by atoms with Gasteiger partial charge in [-0.25, -0.2) is 13.2 Å². The molecule has 1 saturated carbocycles. The Morgan fingerprint density at radius 2 is 1.63 bits per heavy atom. The van der Waals surface area contributed by atoms with Gasteiger partial charge < -0.3 is 9.47 Å². The molecular formula is C30H35F3O2. The predicted molar refractivity (Wildman–Crippen MR) is 134 cm³/mol. The molecule has 0 heterocycles. The van der Waals surface area contributed by atoms with Gasteiger partial charge in [-0.1, -0.05) is 36.4 Å². The van der Waals surface area contributed by atoms with Crippen LogP contribution < -0.4 is 4.74 Å². The molecule has 1 fully saturated rings. The number of benzene rings is 2. The summed E-state index contributed by atoms with van der Waals surface area (Å²) in [5.41, 5.74) is 1.34. The van der Waals surface area contributed by atoms with E-state index in [-0.39, 0.29) is 23.2 Å². The van der Waals surface area contributed by atoms with E-state index in [1.54, 1.807) is 42.5 Å². The number of allylic oxidation sites excluding steroid dienone is 2. The monoisotopic (exact) mass is 484 g/mol. The van der Waals surface area contributed by atoms with Gasteiger partial charge in [0.15, 0.2) is 11.6 Å². The van der Waals surface area contributed by atoms with E-state index >= 15 is 8.78 Å². The van der Waals surface area contributed by atoms with Crippen molar-refractivity contribution in [2.24, 2.45) is 11.8 Å². The van der Waals surface area contributed by atoms with Crippen molar-refractivity contribution >= 4 is 0 Å². The van der Waals surface area contributed by atoms with Gasteiger partial charge in [0.1, 0.15) is 17.7 Å². The highest BCUT2D eigenvalue weighted by Gasteiger charge is 2.26. The first kappa shape index (κ1) is 25.6. The summed E-state index contributed by atoms with van der Waals surface area (Å²) in [6, 6.07) is 10.4. The summed E-state index contributed by atoms with van der Waals surface area (Å²) in [5.74, 6) is -0.535. The van der Waals surface area contributed by atoms with Gasteiger partial charge in [0, 0.05) is 18.1 Å². The summed E-state index contributed by atoms with van der Waals surface area (Å²) in [6.07, 6.45) is 10.6. The third kappa shape index (κ3) is 6.19. The minimum atomic E-state index is -0.793. The van der Waals surface area contributed by atoms with Gasteiger partial charge in [-0.15, -0.1) is 0 Å². The number of halogens is 3. The highest BCUT2D eigenvalue weighted by molar-refractivity contribution is 5.65. The fourth-order valence-corrected chi connectivity index (χ4v) is 5.35. The molecule has 0 amide bonds. The van der Waals surface area contributed by atoms with Crippen LogP contribution in [0.25, 0.3) is 11.1 Å². The maximum atomic E-state index is 15.0. The van der Waals surface area contributed by atoms with Crippen molar-refractivity contribution in [1.82, 2.24) is 0 Å². The smallest absolute Gasteiger partial charge is 0.166 e. The Balaban J connectivity index is 1.38. The van der Waals surface area contributed by atoms with E-state index < -0.39 is 17.7 Å². The lowest BCUT2D eigenvalue weighted by molar-refractivity contribution is 0.0534. The predicted octanol–water partition coefficient (Wildman–Crippen LogP) is 8.53. The fraction of sp³-hybridized carbons (Fsp3) is 0.467. The summed E-state index contributed by atoms with van der Waals surface area (Å²) in [4.78, 5) is 0. The Morgan fingerprint density at radius 1 is 0.886 bits per heavy atom. The van der Waals surface area contributed by atoms with Crippen LogP contribution in [-0.4, -0.2) is 19.3 Å². The van der Waals surface area contributed by atoms with Gasteiger partial charge in [0.2, 0.25) is 0 Å². The van der Waals surface area contributed by atoms with Crippen LogP contribution in [0, 0.1) is 23.5 Å². The minimum Gasteiger partial charge on any atom is -0.493 e. The van der Waals surface area contributed by atoms with Gasteiger partial charge >= 0.3 is 0 Å². The number of hydrogen-bond acceptors (Lipinski definition) is 2. The first-order chi connectivity index (χ1) is 17.0. The highest BCUT2D eigenvalue weighted by Crippen LogP contribution is 2.39. The molecule has 2 aliphatic rings. The zero-order valence-electron chi connectivity index (χ0n) is 20.6. The highest BCUT2D eigenvalue weighted by atomic mass is 19.2. The number of rotatable bonds is 8. The van der Waals surface area contributed by atoms with Gasteiger partial charge in [0.25, 0.3) is 0 Å². The lowest BCUT2D eigenvalue weighted by atomic mass is 9.78. The third-order valence-electron chi connectivity index (χ3n) is 7.29. The number of ether oxygens (including phenoxy) is 2. The van der Waals surface area contributed by atoms with Crippen molar-refractivity contribution in [3.63, 3.8) is 0 Å². The van der Waals surface area contributed by atoms with Gasteiger partial charge in [-0.05, 0) is 93.5 Å². The molecule has 188 valence electrons. The van der Waals surface area contributed by atoms with Crippen LogP contribution in [0.1, 0.15) is 63.9 Å². The Kier molecular flexibility index (Phi) is 8.72. The Labute approximate surface area is 206 Å². The van der Waals surface area contributed by atoms with Gasteiger partial charge in [-0.2, -0.15) is 0 Å². The van der Waals surface area contributed by atoms with E-state index in [1.165, 1.54) is 0 Å². The SMILES string of the molecule is C/C=C/C1CCC(c2ccc(-c3ccc(OCC4C=C(F)C(OCC)CC4)cc3)c(F)c2F)CC1. The van der Waals surface area contributed by atoms with Crippen molar-refractivity contribution in [1.29, 1.82) is 0 Å². The average Bonchev–Trinajstić information content (AvgIpc) is 2.87.